The number of aromatic nitrogens is 1. The monoisotopic (exact) mass is 313 g/mol. The highest BCUT2D eigenvalue weighted by molar-refractivity contribution is 5.83. The van der Waals surface area contributed by atoms with E-state index in [2.05, 4.69) is 57.3 Å². The maximum Gasteiger partial charge on any atom is 0.190 e. The van der Waals surface area contributed by atoms with Crippen LogP contribution in [0.25, 0.3) is 10.9 Å². The summed E-state index contributed by atoms with van der Waals surface area (Å²) in [4.78, 5) is 6.25. The molecule has 1 fully saturated rings. The Hall–Kier alpha value is -2.01. The summed E-state index contributed by atoms with van der Waals surface area (Å²) in [5, 5.41) is 4.99. The van der Waals surface area contributed by atoms with Gasteiger partial charge in [-0.3, -0.25) is 4.99 Å². The normalized spacial score (nSPS) is 17.1. The number of hydrogen-bond acceptors (Lipinski definition) is 2. The van der Waals surface area contributed by atoms with Crippen molar-refractivity contribution in [2.45, 2.75) is 19.4 Å². The molecule has 2 heterocycles. The minimum Gasteiger partial charge on any atom is -0.370 e. The first-order valence-corrected chi connectivity index (χ1v) is 8.40. The Bertz CT molecular complexity index is 680. The first kappa shape index (κ1) is 15.9. The molecule has 1 aliphatic heterocycles. The Morgan fingerprint density at radius 2 is 2.04 bits per heavy atom. The Kier molecular flexibility index (Phi) is 4.86. The van der Waals surface area contributed by atoms with Gasteiger partial charge in [0.05, 0.1) is 0 Å². The highest BCUT2D eigenvalue weighted by Gasteiger charge is 2.19. The van der Waals surface area contributed by atoms with E-state index in [1.807, 2.05) is 0 Å². The van der Waals surface area contributed by atoms with Crippen molar-refractivity contribution in [1.29, 1.82) is 0 Å². The molecule has 2 aromatic rings. The quantitative estimate of drug-likeness (QED) is 0.670. The predicted octanol–water partition coefficient (Wildman–Crippen LogP) is 1.92. The van der Waals surface area contributed by atoms with Crippen LogP contribution in [-0.4, -0.2) is 42.1 Å². The zero-order chi connectivity index (χ0) is 16.2. The predicted molar refractivity (Wildman–Crippen MR) is 96.5 cm³/mol. The lowest BCUT2D eigenvalue weighted by molar-refractivity contribution is 0.258. The van der Waals surface area contributed by atoms with Crippen LogP contribution in [0.15, 0.2) is 35.5 Å². The topological polar surface area (TPSA) is 58.6 Å². The van der Waals surface area contributed by atoms with E-state index in [9.17, 15) is 0 Å². The number of para-hydroxylation sites is 1. The van der Waals surface area contributed by atoms with Gasteiger partial charge >= 0.3 is 0 Å². The van der Waals surface area contributed by atoms with Crippen molar-refractivity contribution in [3.8, 4) is 0 Å². The maximum absolute atomic E-state index is 5.88. The smallest absolute Gasteiger partial charge is 0.190 e. The van der Waals surface area contributed by atoms with Crippen LogP contribution in [0.4, 0.5) is 0 Å². The van der Waals surface area contributed by atoms with E-state index in [-0.39, 0.29) is 0 Å². The van der Waals surface area contributed by atoms with Crippen LogP contribution >= 0.6 is 0 Å². The maximum atomic E-state index is 5.88. The van der Waals surface area contributed by atoms with Crippen LogP contribution in [0.3, 0.4) is 0 Å². The molecule has 0 radical (unpaired) electrons. The Morgan fingerprint density at radius 3 is 2.78 bits per heavy atom. The van der Waals surface area contributed by atoms with E-state index >= 15 is 0 Å². The number of piperidine rings is 1. The van der Waals surface area contributed by atoms with Crippen LogP contribution in [0.1, 0.15) is 18.4 Å². The Morgan fingerprint density at radius 1 is 1.30 bits per heavy atom. The Labute approximate surface area is 138 Å². The second kappa shape index (κ2) is 7.04. The third kappa shape index (κ3) is 3.50. The molecular weight excluding hydrogens is 286 g/mol. The average Bonchev–Trinajstić information content (AvgIpc) is 2.91. The molecule has 124 valence electrons. The van der Waals surface area contributed by atoms with Crippen molar-refractivity contribution in [2.24, 2.45) is 23.7 Å². The molecule has 5 heteroatoms. The largest absolute Gasteiger partial charge is 0.370 e. The van der Waals surface area contributed by atoms with Gasteiger partial charge in [-0.2, -0.15) is 0 Å². The number of benzene rings is 1. The van der Waals surface area contributed by atoms with E-state index < -0.39 is 0 Å². The SMILES string of the molecule is CN=C(N)N1CCC(CNCc2cn(C)c3ccccc23)CC1. The van der Waals surface area contributed by atoms with Gasteiger partial charge in [0.25, 0.3) is 0 Å². The standard InChI is InChI=1S/C18H27N5/c1-20-18(19)23-9-7-14(8-10-23)11-21-12-15-13-22(2)17-6-4-3-5-16(15)17/h3-6,13-14,21H,7-12H2,1-2H3,(H2,19,20). The molecule has 1 aromatic heterocycles. The number of aliphatic imine (C=N–C) groups is 1. The molecule has 0 unspecified atom stereocenters. The van der Waals surface area contributed by atoms with Crippen molar-refractivity contribution in [3.05, 3.63) is 36.0 Å². The average molecular weight is 313 g/mol. The second-order valence-corrected chi connectivity index (χ2v) is 6.43. The fourth-order valence-corrected chi connectivity index (χ4v) is 3.49. The van der Waals surface area contributed by atoms with Crippen LogP contribution in [0, 0.1) is 5.92 Å². The molecule has 0 saturated carbocycles. The first-order valence-electron chi connectivity index (χ1n) is 8.40. The van der Waals surface area contributed by atoms with E-state index in [1.54, 1.807) is 7.05 Å². The van der Waals surface area contributed by atoms with Gasteiger partial charge in [0.15, 0.2) is 5.96 Å². The minimum atomic E-state index is 0.673. The summed E-state index contributed by atoms with van der Waals surface area (Å²) in [6.45, 7) is 4.04. The zero-order valence-electron chi connectivity index (χ0n) is 14.1. The lowest BCUT2D eigenvalue weighted by Crippen LogP contribution is -2.44. The van der Waals surface area contributed by atoms with Crippen LogP contribution in [-0.2, 0) is 13.6 Å². The van der Waals surface area contributed by atoms with Gasteiger partial charge in [0, 0.05) is 50.8 Å². The third-order valence-electron chi connectivity index (χ3n) is 4.90. The van der Waals surface area contributed by atoms with Crippen molar-refractivity contribution >= 4 is 16.9 Å². The van der Waals surface area contributed by atoms with Crippen molar-refractivity contribution < 1.29 is 0 Å². The van der Waals surface area contributed by atoms with Crippen LogP contribution < -0.4 is 11.1 Å². The molecule has 3 rings (SSSR count). The number of likely N-dealkylation sites (tertiary alicyclic amines) is 1. The number of nitrogens with two attached hydrogens (primary N) is 1. The highest BCUT2D eigenvalue weighted by atomic mass is 15.2. The molecule has 5 nitrogen and oxygen atoms in total. The molecule has 3 N–H and O–H groups in total. The molecule has 1 aliphatic rings. The molecule has 0 atom stereocenters. The lowest BCUT2D eigenvalue weighted by atomic mass is 9.97. The Balaban J connectivity index is 1.50. The number of nitrogens with one attached hydrogen (secondary N) is 1. The third-order valence-corrected chi connectivity index (χ3v) is 4.90. The minimum absolute atomic E-state index is 0.673. The van der Waals surface area contributed by atoms with Gasteiger partial charge in [0.2, 0.25) is 0 Å². The van der Waals surface area contributed by atoms with E-state index in [1.165, 1.54) is 29.3 Å². The van der Waals surface area contributed by atoms with Gasteiger partial charge in [-0.15, -0.1) is 0 Å². The summed E-state index contributed by atoms with van der Waals surface area (Å²) in [6.07, 6.45) is 4.59. The number of aryl methyl sites for hydroxylation is 1. The van der Waals surface area contributed by atoms with Crippen LogP contribution in [0.5, 0.6) is 0 Å². The second-order valence-electron chi connectivity index (χ2n) is 6.43. The fourth-order valence-electron chi connectivity index (χ4n) is 3.49. The number of hydrogen-bond donors (Lipinski definition) is 2. The van der Waals surface area contributed by atoms with Crippen molar-refractivity contribution in [3.63, 3.8) is 0 Å². The molecule has 23 heavy (non-hydrogen) atoms. The first-order chi connectivity index (χ1) is 11.2. The van der Waals surface area contributed by atoms with Gasteiger partial charge in [0.1, 0.15) is 0 Å². The summed E-state index contributed by atoms with van der Waals surface area (Å²) in [5.74, 6) is 1.40. The van der Waals surface area contributed by atoms with Gasteiger partial charge in [-0.05, 0) is 36.9 Å². The van der Waals surface area contributed by atoms with Crippen molar-refractivity contribution in [2.75, 3.05) is 26.7 Å². The number of fused-ring (bicyclic) bond motifs is 1. The molecule has 0 aliphatic carbocycles. The summed E-state index contributed by atoms with van der Waals surface area (Å²) < 4.78 is 2.21. The molecule has 1 aromatic carbocycles. The summed E-state index contributed by atoms with van der Waals surface area (Å²) in [6, 6.07) is 8.59. The molecule has 0 spiro atoms. The van der Waals surface area contributed by atoms with Gasteiger partial charge in [-0.1, -0.05) is 18.2 Å². The van der Waals surface area contributed by atoms with Crippen LogP contribution in [0.2, 0.25) is 0 Å². The van der Waals surface area contributed by atoms with Crippen molar-refractivity contribution in [1.82, 2.24) is 14.8 Å². The van der Waals surface area contributed by atoms with E-state index in [4.69, 9.17) is 5.73 Å². The molecule has 0 amide bonds. The lowest BCUT2D eigenvalue weighted by Gasteiger charge is -2.32. The summed E-state index contributed by atoms with van der Waals surface area (Å²) in [7, 11) is 3.87. The number of guanidine groups is 1. The zero-order valence-corrected chi connectivity index (χ0v) is 14.1. The highest BCUT2D eigenvalue weighted by Crippen LogP contribution is 2.21. The summed E-state index contributed by atoms with van der Waals surface area (Å²) in [5.41, 5.74) is 8.56. The molecular formula is C18H27N5. The number of nitrogens with zero attached hydrogens (tertiary/aromatic N) is 3. The van der Waals surface area contributed by atoms with E-state index in [0.29, 0.717) is 5.96 Å². The molecule has 1 saturated heterocycles. The van der Waals surface area contributed by atoms with Gasteiger partial charge in [-0.25, -0.2) is 0 Å². The molecule has 0 bridgehead atoms. The fraction of sp³-hybridized carbons (Fsp3) is 0.500. The van der Waals surface area contributed by atoms with E-state index in [0.717, 1.165) is 32.1 Å². The van der Waals surface area contributed by atoms with Gasteiger partial charge < -0.3 is 20.5 Å². The number of rotatable bonds is 4. The summed E-state index contributed by atoms with van der Waals surface area (Å²) >= 11 is 0.